The third-order valence-electron chi connectivity index (χ3n) is 21.6. The van der Waals surface area contributed by atoms with Crippen LogP contribution in [0, 0.1) is 0 Å². The van der Waals surface area contributed by atoms with Gasteiger partial charge in [-0.1, -0.05) is 356 Å². The van der Waals surface area contributed by atoms with Gasteiger partial charge in [-0.2, -0.15) is 0 Å². The number of benzene rings is 8. The third kappa shape index (κ3) is 33.6. The van der Waals surface area contributed by atoms with E-state index < -0.39 is 30.6 Å². The van der Waals surface area contributed by atoms with Gasteiger partial charge >= 0.3 is 23.9 Å². The van der Waals surface area contributed by atoms with Crippen molar-refractivity contribution >= 4 is 48.2 Å². The monoisotopic (exact) mass is 1760 g/mol. The van der Waals surface area contributed by atoms with Gasteiger partial charge in [0.25, 0.3) is 0 Å². The quantitative estimate of drug-likeness (QED) is 0.0198. The van der Waals surface area contributed by atoms with Crippen LogP contribution in [0.1, 0.15) is 307 Å². The Kier molecular flexibility index (Phi) is 39.7. The van der Waals surface area contributed by atoms with Crippen LogP contribution in [0.2, 0.25) is 0 Å². The molecular formula is C116H151FO12. The van der Waals surface area contributed by atoms with E-state index in [0.717, 1.165) is 115 Å². The fourth-order valence-corrected chi connectivity index (χ4v) is 14.2. The average Bonchev–Trinajstić information content (AvgIpc) is 0.779. The standard InChI is InChI=1S/C30H40O3.C29H37FO3.C29H38O3.C28H36O3/c1-9-10-17-33-28-25(19-23(29(3,4)5)20-26(28)30(6,7)8)24-14-12-11-13-22(24)16-15-21(2)18-27(31)32;1-20(17-26(31)32)13-14-21-11-8-9-12-23(21)24-18-22(28(2,3)4)19-25(29(5,6)7)27(24)33-16-10-15-30;1-9-16-32-27-24(18-22(28(3,4)5)19-25(27)29(6,7)8)23-13-11-10-12-21(23)15-14-20(2)17-26(30)31;1-9-31-26-23(17-21(27(3,4)5)18-24(26)28(6,7)8)22-13-11-10-12-20(22)15-14-19(2)16-25(29)30/h11-16,18-20H,9-10,17H2,1-8H3,(H,31,32);8-9,11-14,17-19H,10,15-16H2,1-7H3,(H,31,32);10-15,17-19H,9,16H2,1-8H3,(H,30,31);10-18H,9H2,1-8H3,(H,29,30)/b16-15+,21-18+;14-13+,20-17+;15-14+,20-17+;15-14+,19-16+. The van der Waals surface area contributed by atoms with E-state index in [0.29, 0.717) is 55.1 Å². The van der Waals surface area contributed by atoms with Crippen molar-refractivity contribution in [1.82, 2.24) is 0 Å². The average molecular weight is 1760 g/mol. The Hall–Kier alpha value is -11.3. The Morgan fingerprint density at radius 3 is 0.698 bits per heavy atom. The van der Waals surface area contributed by atoms with Crippen molar-refractivity contribution in [2.45, 2.75) is 284 Å². The Morgan fingerprint density at radius 1 is 0.287 bits per heavy atom. The number of ether oxygens (including phenoxy) is 4. The zero-order valence-corrected chi connectivity index (χ0v) is 83.6. The van der Waals surface area contributed by atoms with Gasteiger partial charge in [-0.05, 0) is 204 Å². The lowest BCUT2D eigenvalue weighted by molar-refractivity contribution is -0.132. The maximum atomic E-state index is 12.9. The summed E-state index contributed by atoms with van der Waals surface area (Å²) in [4.78, 5) is 44.0. The molecule has 0 amide bonds. The lowest BCUT2D eigenvalue weighted by Crippen LogP contribution is -2.19. The molecule has 4 N–H and O–H groups in total. The van der Waals surface area contributed by atoms with E-state index in [1.165, 1.54) is 63.2 Å². The first kappa shape index (κ1) is 108. The molecule has 0 atom stereocenters. The molecule has 0 aromatic heterocycles. The number of hydrogen-bond acceptors (Lipinski definition) is 8. The summed E-state index contributed by atoms with van der Waals surface area (Å²) < 4.78 is 38.2. The SMILES string of the molecule is CC(/C=C/c1ccccc1-c1cc(C(C)(C)C)cc(C(C)(C)C)c1OCCCF)=C\C(=O)O.CCCCOc1c(-c2ccccc2/C=C/C(C)=C/C(=O)O)cc(C(C)(C)C)cc1C(C)(C)C.CCCOc1c(-c2ccccc2/C=C/C(C)=C/C(=O)O)cc(C(C)(C)C)cc1C(C)(C)C.CCOc1c(-c2ccccc2/C=C/C(C)=C/C(=O)O)cc(C(C)(C)C)cc1C(C)(C)C. The van der Waals surface area contributed by atoms with E-state index in [1.807, 2.05) is 110 Å². The van der Waals surface area contributed by atoms with Gasteiger partial charge in [0.15, 0.2) is 0 Å². The molecule has 0 radical (unpaired) electrons. The number of allylic oxidation sites excluding steroid dienone is 8. The van der Waals surface area contributed by atoms with Crippen LogP contribution in [-0.2, 0) is 62.5 Å². The summed E-state index contributed by atoms with van der Waals surface area (Å²) in [6, 6.07) is 50.7. The Labute approximate surface area is 774 Å². The summed E-state index contributed by atoms with van der Waals surface area (Å²) in [5.74, 6) is -0.213. The van der Waals surface area contributed by atoms with Crippen molar-refractivity contribution in [3.8, 4) is 67.5 Å². The number of unbranched alkanes of at least 4 members (excludes halogenated alkanes) is 1. The zero-order valence-electron chi connectivity index (χ0n) is 83.6. The largest absolute Gasteiger partial charge is 0.493 e. The fraction of sp³-hybridized carbons (Fsp3) is 0.414. The zero-order chi connectivity index (χ0) is 97.1. The van der Waals surface area contributed by atoms with Crippen molar-refractivity contribution in [3.05, 3.63) is 283 Å². The third-order valence-corrected chi connectivity index (χ3v) is 21.6. The second-order valence-corrected chi connectivity index (χ2v) is 41.6. The molecule has 0 aliphatic rings. The Bertz CT molecular complexity index is 5240. The van der Waals surface area contributed by atoms with Crippen LogP contribution in [0.3, 0.4) is 0 Å². The number of hydrogen-bond donors (Lipinski definition) is 4. The normalized spacial score (nSPS) is 12.9. The van der Waals surface area contributed by atoms with Crippen molar-refractivity contribution in [2.75, 3.05) is 33.1 Å². The molecule has 0 bridgehead atoms. The van der Waals surface area contributed by atoms with Gasteiger partial charge in [0.05, 0.1) is 33.1 Å². The second kappa shape index (κ2) is 47.3. The maximum absolute atomic E-state index is 12.9. The number of halogens is 1. The van der Waals surface area contributed by atoms with Crippen LogP contribution in [0.25, 0.3) is 68.8 Å². The van der Waals surface area contributed by atoms with Gasteiger partial charge in [0.1, 0.15) is 23.0 Å². The number of aliphatic carboxylic acids is 4. The summed E-state index contributed by atoms with van der Waals surface area (Å²) >= 11 is 0. The first-order chi connectivity index (χ1) is 59.9. The predicted molar refractivity (Wildman–Crippen MR) is 542 cm³/mol. The highest BCUT2D eigenvalue weighted by atomic mass is 19.1. The van der Waals surface area contributed by atoms with Crippen LogP contribution in [0.15, 0.2) is 216 Å². The molecular weight excluding hydrogens is 1600 g/mol. The molecule has 0 saturated carbocycles. The van der Waals surface area contributed by atoms with E-state index in [9.17, 15) is 23.6 Å². The van der Waals surface area contributed by atoms with Gasteiger partial charge < -0.3 is 39.4 Å². The summed E-state index contributed by atoms with van der Waals surface area (Å²) in [6.07, 6.45) is 23.4. The molecule has 8 rings (SSSR count). The second-order valence-electron chi connectivity index (χ2n) is 41.6. The summed E-state index contributed by atoms with van der Waals surface area (Å²) in [6.45, 7) is 68.4. The molecule has 13 heteroatoms. The van der Waals surface area contributed by atoms with Gasteiger partial charge in [-0.3, -0.25) is 4.39 Å². The molecule has 129 heavy (non-hydrogen) atoms. The van der Waals surface area contributed by atoms with Crippen LogP contribution in [0.5, 0.6) is 23.0 Å². The first-order valence-corrected chi connectivity index (χ1v) is 45.5. The van der Waals surface area contributed by atoms with Crippen molar-refractivity contribution in [3.63, 3.8) is 0 Å². The maximum Gasteiger partial charge on any atom is 0.328 e. The minimum Gasteiger partial charge on any atom is -0.493 e. The van der Waals surface area contributed by atoms with Gasteiger partial charge in [-0.15, -0.1) is 0 Å². The minimum absolute atomic E-state index is 0.00884. The molecule has 8 aromatic rings. The lowest BCUT2D eigenvalue weighted by Gasteiger charge is -2.30. The van der Waals surface area contributed by atoms with Crippen LogP contribution >= 0.6 is 0 Å². The van der Waals surface area contributed by atoms with Crippen LogP contribution in [-0.4, -0.2) is 77.4 Å². The predicted octanol–water partition coefficient (Wildman–Crippen LogP) is 31.1. The molecule has 0 aliphatic carbocycles. The van der Waals surface area contributed by atoms with Crippen molar-refractivity contribution in [2.24, 2.45) is 0 Å². The molecule has 0 spiro atoms. The van der Waals surface area contributed by atoms with Crippen LogP contribution in [0.4, 0.5) is 4.39 Å². The molecule has 0 saturated heterocycles. The topological polar surface area (TPSA) is 186 Å². The first-order valence-electron chi connectivity index (χ1n) is 45.5. The molecule has 0 fully saturated rings. The number of alkyl halides is 1. The van der Waals surface area contributed by atoms with E-state index in [-0.39, 0.29) is 43.3 Å². The highest BCUT2D eigenvalue weighted by Crippen LogP contribution is 2.50. The van der Waals surface area contributed by atoms with Gasteiger partial charge in [0, 0.05) is 75.2 Å². The minimum atomic E-state index is -0.971. The molecule has 8 aromatic carbocycles. The van der Waals surface area contributed by atoms with Gasteiger partial charge in [0.2, 0.25) is 0 Å². The number of rotatable bonds is 29. The summed E-state index contributed by atoms with van der Waals surface area (Å²) in [5, 5.41) is 36.1. The van der Waals surface area contributed by atoms with E-state index in [1.54, 1.807) is 33.8 Å². The Balaban J connectivity index is 0.000000305. The van der Waals surface area contributed by atoms with Crippen molar-refractivity contribution < 1.29 is 62.9 Å². The Morgan fingerprint density at radius 2 is 0.504 bits per heavy atom. The van der Waals surface area contributed by atoms with Crippen LogP contribution < -0.4 is 18.9 Å². The van der Waals surface area contributed by atoms with Gasteiger partial charge in [-0.25, -0.2) is 19.2 Å². The lowest BCUT2D eigenvalue weighted by atomic mass is 9.77. The molecule has 12 nitrogen and oxygen atoms in total. The highest BCUT2D eigenvalue weighted by Gasteiger charge is 2.33. The highest BCUT2D eigenvalue weighted by molar-refractivity contribution is 5.89. The molecule has 694 valence electrons. The smallest absolute Gasteiger partial charge is 0.328 e. The number of carboxylic acids is 4. The fourth-order valence-electron chi connectivity index (χ4n) is 14.2. The van der Waals surface area contributed by atoms with Crippen molar-refractivity contribution in [1.29, 1.82) is 0 Å². The molecule has 0 unspecified atom stereocenters. The van der Waals surface area contributed by atoms with E-state index in [2.05, 4.69) is 265 Å². The molecule has 0 heterocycles. The summed E-state index contributed by atoms with van der Waals surface area (Å²) in [5.41, 5.74) is 24.3. The van der Waals surface area contributed by atoms with E-state index >= 15 is 0 Å². The summed E-state index contributed by atoms with van der Waals surface area (Å²) in [7, 11) is 0. The molecule has 0 aliphatic heterocycles. The number of carboxylic acid groups (broad SMARTS) is 4. The van der Waals surface area contributed by atoms with E-state index in [4.69, 9.17) is 39.4 Å². The number of carbonyl (C=O) groups is 4.